The molecule has 0 saturated carbocycles. The van der Waals surface area contributed by atoms with Crippen molar-refractivity contribution in [2.75, 3.05) is 51.3 Å². The summed E-state index contributed by atoms with van der Waals surface area (Å²) in [5.74, 6) is 0.556. The first-order valence-corrected chi connectivity index (χ1v) is 7.82. The van der Waals surface area contributed by atoms with Crippen molar-refractivity contribution in [3.05, 3.63) is 24.3 Å². The number of hydrogen-bond donors (Lipinski definition) is 2. The van der Waals surface area contributed by atoms with Crippen molar-refractivity contribution in [3.8, 4) is 5.75 Å². The Morgan fingerprint density at radius 3 is 2.61 bits per heavy atom. The number of imide groups is 1. The van der Waals surface area contributed by atoms with E-state index in [4.69, 9.17) is 9.47 Å². The number of para-hydroxylation sites is 2. The minimum absolute atomic E-state index is 0.254. The fourth-order valence-electron chi connectivity index (χ4n) is 2.68. The SMILES string of the molecule is CCOC(=O)NC(=O)C[NH+]1CCN(c2ccccc2OC)CC1. The lowest BCUT2D eigenvalue weighted by atomic mass is 10.2. The van der Waals surface area contributed by atoms with Gasteiger partial charge in [-0.1, -0.05) is 12.1 Å². The van der Waals surface area contributed by atoms with Crippen LogP contribution in [0.5, 0.6) is 5.75 Å². The lowest BCUT2D eigenvalue weighted by Gasteiger charge is -2.33. The Labute approximate surface area is 136 Å². The minimum Gasteiger partial charge on any atom is -0.495 e. The highest BCUT2D eigenvalue weighted by atomic mass is 16.5. The molecule has 0 spiro atoms. The van der Waals surface area contributed by atoms with Crippen molar-refractivity contribution >= 4 is 17.7 Å². The number of methoxy groups -OCH3 is 1. The second-order valence-electron chi connectivity index (χ2n) is 5.35. The summed E-state index contributed by atoms with van der Waals surface area (Å²) < 4.78 is 10.1. The van der Waals surface area contributed by atoms with E-state index >= 15 is 0 Å². The van der Waals surface area contributed by atoms with E-state index < -0.39 is 6.09 Å². The number of rotatable bonds is 5. The normalized spacial score (nSPS) is 15.1. The maximum absolute atomic E-state index is 11.8. The molecule has 1 saturated heterocycles. The van der Waals surface area contributed by atoms with Gasteiger partial charge in [-0.25, -0.2) is 4.79 Å². The third-order valence-electron chi connectivity index (χ3n) is 3.82. The summed E-state index contributed by atoms with van der Waals surface area (Å²) >= 11 is 0. The van der Waals surface area contributed by atoms with E-state index in [1.54, 1.807) is 14.0 Å². The summed E-state index contributed by atoms with van der Waals surface area (Å²) in [5.41, 5.74) is 1.07. The topological polar surface area (TPSA) is 72.3 Å². The Bertz CT molecular complexity index is 542. The van der Waals surface area contributed by atoms with Gasteiger partial charge in [-0.15, -0.1) is 0 Å². The van der Waals surface area contributed by atoms with E-state index in [0.717, 1.165) is 42.5 Å². The van der Waals surface area contributed by atoms with E-state index in [2.05, 4.69) is 10.2 Å². The number of carbonyl (C=O) groups is 2. The Kier molecular flexibility index (Phi) is 6.22. The molecule has 1 aromatic carbocycles. The predicted octanol–water partition coefficient (Wildman–Crippen LogP) is -0.327. The van der Waals surface area contributed by atoms with Crippen LogP contribution in [0, 0.1) is 0 Å². The fraction of sp³-hybridized carbons (Fsp3) is 0.500. The number of nitrogens with one attached hydrogen (secondary N) is 2. The van der Waals surface area contributed by atoms with Gasteiger partial charge in [0.2, 0.25) is 0 Å². The molecule has 0 atom stereocenters. The summed E-state index contributed by atoms with van der Waals surface area (Å²) in [4.78, 5) is 26.4. The molecule has 2 rings (SSSR count). The summed E-state index contributed by atoms with van der Waals surface area (Å²) in [7, 11) is 1.67. The van der Waals surface area contributed by atoms with Gasteiger partial charge in [-0.05, 0) is 19.1 Å². The molecule has 1 fully saturated rings. The molecule has 7 nitrogen and oxygen atoms in total. The van der Waals surface area contributed by atoms with Gasteiger partial charge in [0.1, 0.15) is 5.75 Å². The van der Waals surface area contributed by atoms with Crippen LogP contribution in [0.1, 0.15) is 6.92 Å². The lowest BCUT2D eigenvalue weighted by molar-refractivity contribution is -0.892. The van der Waals surface area contributed by atoms with Crippen LogP contribution in [0.2, 0.25) is 0 Å². The summed E-state index contributed by atoms with van der Waals surface area (Å²) in [6.07, 6.45) is -0.676. The molecule has 7 heteroatoms. The molecule has 0 radical (unpaired) electrons. The molecule has 0 aromatic heterocycles. The third kappa shape index (κ3) is 4.85. The van der Waals surface area contributed by atoms with Crippen LogP contribution < -0.4 is 19.9 Å². The van der Waals surface area contributed by atoms with E-state index in [0.29, 0.717) is 0 Å². The summed E-state index contributed by atoms with van der Waals surface area (Å²) in [5, 5.41) is 2.23. The molecule has 1 aliphatic heterocycles. The number of hydrogen-bond acceptors (Lipinski definition) is 5. The van der Waals surface area contributed by atoms with Gasteiger partial charge in [0.15, 0.2) is 6.54 Å². The number of anilines is 1. The molecule has 2 amide bonds. The number of carbonyl (C=O) groups excluding carboxylic acids is 2. The number of alkyl carbamates (subject to hydrolysis) is 1. The van der Waals surface area contributed by atoms with Crippen molar-refractivity contribution in [1.29, 1.82) is 0 Å². The molecule has 126 valence electrons. The zero-order chi connectivity index (χ0) is 16.7. The van der Waals surface area contributed by atoms with Gasteiger partial charge < -0.3 is 19.3 Å². The minimum atomic E-state index is -0.676. The number of benzene rings is 1. The fourth-order valence-corrected chi connectivity index (χ4v) is 2.68. The van der Waals surface area contributed by atoms with Crippen LogP contribution in [-0.2, 0) is 9.53 Å². The highest BCUT2D eigenvalue weighted by molar-refractivity contribution is 5.92. The van der Waals surface area contributed by atoms with Gasteiger partial charge in [0.05, 0.1) is 45.6 Å². The zero-order valence-corrected chi connectivity index (χ0v) is 13.6. The molecular weight excluding hydrogens is 298 g/mol. The average molecular weight is 322 g/mol. The van der Waals surface area contributed by atoms with Crippen LogP contribution in [0.25, 0.3) is 0 Å². The van der Waals surface area contributed by atoms with Crippen molar-refractivity contribution in [1.82, 2.24) is 5.32 Å². The number of piperazine rings is 1. The number of nitrogens with zero attached hydrogens (tertiary/aromatic N) is 1. The smallest absolute Gasteiger partial charge is 0.414 e. The molecule has 1 aliphatic rings. The molecule has 0 aliphatic carbocycles. The highest BCUT2D eigenvalue weighted by Gasteiger charge is 2.24. The van der Waals surface area contributed by atoms with Crippen LogP contribution >= 0.6 is 0 Å². The Balaban J connectivity index is 1.82. The lowest BCUT2D eigenvalue weighted by Crippen LogP contribution is -3.16. The highest BCUT2D eigenvalue weighted by Crippen LogP contribution is 2.27. The van der Waals surface area contributed by atoms with E-state index in [9.17, 15) is 9.59 Å². The van der Waals surface area contributed by atoms with Gasteiger partial charge in [-0.2, -0.15) is 0 Å². The van der Waals surface area contributed by atoms with Crippen LogP contribution in [0.15, 0.2) is 24.3 Å². The molecule has 1 heterocycles. The molecule has 23 heavy (non-hydrogen) atoms. The van der Waals surface area contributed by atoms with Gasteiger partial charge in [0.25, 0.3) is 5.91 Å². The quantitative estimate of drug-likeness (QED) is 0.777. The van der Waals surface area contributed by atoms with Crippen LogP contribution in [0.4, 0.5) is 10.5 Å². The van der Waals surface area contributed by atoms with Crippen LogP contribution in [0.3, 0.4) is 0 Å². The summed E-state index contributed by atoms with van der Waals surface area (Å²) in [6, 6.07) is 7.92. The number of ether oxygens (including phenoxy) is 2. The predicted molar refractivity (Wildman–Crippen MR) is 85.9 cm³/mol. The average Bonchev–Trinajstić information content (AvgIpc) is 2.55. The Morgan fingerprint density at radius 2 is 1.96 bits per heavy atom. The first-order chi connectivity index (χ1) is 11.1. The van der Waals surface area contributed by atoms with Crippen molar-refractivity contribution in [2.24, 2.45) is 0 Å². The number of amides is 2. The van der Waals surface area contributed by atoms with Crippen molar-refractivity contribution in [3.63, 3.8) is 0 Å². The van der Waals surface area contributed by atoms with E-state index in [-0.39, 0.29) is 19.1 Å². The molecule has 1 aromatic rings. The second kappa shape index (κ2) is 8.38. The van der Waals surface area contributed by atoms with Gasteiger partial charge >= 0.3 is 6.09 Å². The van der Waals surface area contributed by atoms with Crippen molar-refractivity contribution < 1.29 is 24.0 Å². The summed E-state index contributed by atoms with van der Waals surface area (Å²) in [6.45, 7) is 5.56. The maximum Gasteiger partial charge on any atom is 0.414 e. The van der Waals surface area contributed by atoms with Crippen LogP contribution in [-0.4, -0.2) is 58.4 Å². The molecule has 2 N–H and O–H groups in total. The maximum atomic E-state index is 11.8. The molecular formula is C16H24N3O4+. The Morgan fingerprint density at radius 1 is 1.26 bits per heavy atom. The first kappa shape index (κ1) is 17.1. The van der Waals surface area contributed by atoms with E-state index in [1.165, 1.54) is 0 Å². The molecule has 0 bridgehead atoms. The second-order valence-corrected chi connectivity index (χ2v) is 5.35. The third-order valence-corrected chi connectivity index (χ3v) is 3.82. The van der Waals surface area contributed by atoms with E-state index in [1.807, 2.05) is 24.3 Å². The monoisotopic (exact) mass is 322 g/mol. The standard InChI is InChI=1S/C16H23N3O4/c1-3-23-16(21)17-15(20)12-18-8-10-19(11-9-18)13-6-4-5-7-14(13)22-2/h4-7H,3,8-12H2,1-2H3,(H,17,20,21)/p+1. The number of quaternary nitrogens is 1. The zero-order valence-electron chi connectivity index (χ0n) is 13.6. The molecule has 0 unspecified atom stereocenters. The Hall–Kier alpha value is -2.28. The van der Waals surface area contributed by atoms with Gasteiger partial charge in [0, 0.05) is 0 Å². The first-order valence-electron chi connectivity index (χ1n) is 7.82. The largest absolute Gasteiger partial charge is 0.495 e. The van der Waals surface area contributed by atoms with Gasteiger partial charge in [-0.3, -0.25) is 10.1 Å². The van der Waals surface area contributed by atoms with Crippen molar-refractivity contribution in [2.45, 2.75) is 6.92 Å².